The minimum atomic E-state index is -4.44. The number of anilines is 1. The molecule has 0 aromatic carbocycles. The van der Waals surface area contributed by atoms with Gasteiger partial charge in [0.1, 0.15) is 6.54 Å². The maximum Gasteiger partial charge on any atom is 0.408 e. The van der Waals surface area contributed by atoms with Crippen LogP contribution in [-0.4, -0.2) is 44.3 Å². The first-order valence-corrected chi connectivity index (χ1v) is 11.6. The quantitative estimate of drug-likeness (QED) is 0.509. The number of fused-ring (bicyclic) bond motifs is 1. The van der Waals surface area contributed by atoms with E-state index >= 15 is 0 Å². The maximum atomic E-state index is 13.4. The van der Waals surface area contributed by atoms with Crippen LogP contribution in [-0.2, 0) is 12.1 Å². The summed E-state index contributed by atoms with van der Waals surface area (Å²) in [6, 6.07) is 3.33. The zero-order chi connectivity index (χ0) is 27.5. The van der Waals surface area contributed by atoms with Crippen molar-refractivity contribution in [3.8, 4) is 23.6 Å². The number of carbonyl (C=O) groups excluding carboxylic acids is 2. The summed E-state index contributed by atoms with van der Waals surface area (Å²) in [6.45, 7) is 8.09. The topological polar surface area (TPSA) is 93.0 Å². The van der Waals surface area contributed by atoms with Crippen molar-refractivity contribution in [2.24, 2.45) is 0 Å². The van der Waals surface area contributed by atoms with Gasteiger partial charge in [0.2, 0.25) is 0 Å². The van der Waals surface area contributed by atoms with E-state index in [1.54, 1.807) is 39.1 Å². The van der Waals surface area contributed by atoms with Crippen LogP contribution in [0.2, 0.25) is 0 Å². The Morgan fingerprint density at radius 3 is 2.54 bits per heavy atom. The molecule has 3 aromatic heterocycles. The van der Waals surface area contributed by atoms with E-state index in [-0.39, 0.29) is 24.0 Å². The Hall–Kier alpha value is -4.20. The molecule has 11 heteroatoms. The van der Waals surface area contributed by atoms with Crippen LogP contribution in [0.25, 0.3) is 11.3 Å². The van der Waals surface area contributed by atoms with Crippen molar-refractivity contribution in [3.05, 3.63) is 59.3 Å². The molecule has 37 heavy (non-hydrogen) atoms. The summed E-state index contributed by atoms with van der Waals surface area (Å²) in [5.41, 5.74) is 2.08. The van der Waals surface area contributed by atoms with Gasteiger partial charge in [-0.3, -0.25) is 24.2 Å². The average Bonchev–Trinajstić information content (AvgIpc) is 3.36. The Morgan fingerprint density at radius 1 is 1.19 bits per heavy atom. The first-order chi connectivity index (χ1) is 17.4. The third-order valence-electron chi connectivity index (χ3n) is 5.64. The van der Waals surface area contributed by atoms with Gasteiger partial charge in [-0.25, -0.2) is 4.98 Å². The number of aromatic nitrogens is 4. The lowest BCUT2D eigenvalue weighted by molar-refractivity contribution is -0.142. The fourth-order valence-corrected chi connectivity index (χ4v) is 4.12. The molecule has 194 valence electrons. The molecule has 4 heterocycles. The highest BCUT2D eigenvalue weighted by Crippen LogP contribution is 2.43. The molecule has 0 saturated heterocycles. The molecule has 8 nitrogen and oxygen atoms in total. The van der Waals surface area contributed by atoms with Gasteiger partial charge in [-0.2, -0.15) is 18.3 Å². The molecule has 0 radical (unpaired) electrons. The summed E-state index contributed by atoms with van der Waals surface area (Å²) in [7, 11) is 0. The van der Waals surface area contributed by atoms with Crippen LogP contribution in [0.15, 0.2) is 36.9 Å². The van der Waals surface area contributed by atoms with Crippen LogP contribution in [0.1, 0.15) is 59.7 Å². The van der Waals surface area contributed by atoms with Gasteiger partial charge in [-0.1, -0.05) is 19.8 Å². The van der Waals surface area contributed by atoms with E-state index in [9.17, 15) is 22.8 Å². The third-order valence-corrected chi connectivity index (χ3v) is 5.64. The predicted molar refractivity (Wildman–Crippen MR) is 133 cm³/mol. The summed E-state index contributed by atoms with van der Waals surface area (Å²) in [5, 5.41) is 6.34. The van der Waals surface area contributed by atoms with Gasteiger partial charge in [0.25, 0.3) is 11.8 Å². The van der Waals surface area contributed by atoms with Crippen LogP contribution in [0.4, 0.5) is 18.9 Å². The molecule has 0 spiro atoms. The normalized spacial score (nSPS) is 13.9. The number of aryl methyl sites for hydroxylation is 1. The van der Waals surface area contributed by atoms with E-state index < -0.39 is 18.3 Å². The smallest absolute Gasteiger partial charge is 0.341 e. The van der Waals surface area contributed by atoms with Gasteiger partial charge in [0, 0.05) is 24.2 Å². The summed E-state index contributed by atoms with van der Waals surface area (Å²) in [5.74, 6) is 1.57. The Labute approximate surface area is 212 Å². The van der Waals surface area contributed by atoms with Crippen LogP contribution >= 0.6 is 0 Å². The number of nitrogens with zero attached hydrogens (tertiary/aromatic N) is 5. The molecule has 1 aliphatic heterocycles. The monoisotopic (exact) mass is 512 g/mol. The minimum Gasteiger partial charge on any atom is -0.341 e. The number of terminal acetylenes is 1. The maximum absolute atomic E-state index is 13.4. The van der Waals surface area contributed by atoms with Crippen LogP contribution in [0.5, 0.6) is 0 Å². The van der Waals surface area contributed by atoms with E-state index in [0.29, 0.717) is 33.6 Å². The summed E-state index contributed by atoms with van der Waals surface area (Å²) in [4.78, 5) is 35.9. The number of nitrogens with one attached hydrogen (secondary N) is 1. The number of rotatable bonds is 5. The first-order valence-electron chi connectivity index (χ1n) is 11.6. The minimum absolute atomic E-state index is 0.0744. The fraction of sp³-hybridized carbons (Fsp3) is 0.346. The molecule has 0 unspecified atom stereocenters. The number of amides is 2. The van der Waals surface area contributed by atoms with Gasteiger partial charge >= 0.3 is 6.18 Å². The number of pyridine rings is 2. The second-order valence-electron chi connectivity index (χ2n) is 8.61. The lowest BCUT2D eigenvalue weighted by Crippen LogP contribution is -2.39. The molecule has 3 aromatic rings. The Balaban J connectivity index is 0.00000186. The Kier molecular flexibility index (Phi) is 7.71. The van der Waals surface area contributed by atoms with E-state index in [0.717, 1.165) is 4.68 Å². The highest BCUT2D eigenvalue weighted by Gasteiger charge is 2.47. The molecule has 4 rings (SSSR count). The predicted octanol–water partition coefficient (Wildman–Crippen LogP) is 4.50. The zero-order valence-electron chi connectivity index (χ0n) is 21.1. The molecule has 1 N–H and O–H groups in total. The summed E-state index contributed by atoms with van der Waals surface area (Å²) >= 11 is 0. The van der Waals surface area contributed by atoms with Crippen molar-refractivity contribution in [3.63, 3.8) is 0 Å². The van der Waals surface area contributed by atoms with E-state index in [2.05, 4.69) is 21.3 Å². The molecule has 0 aliphatic carbocycles. The molecular formula is C26H27F3N6O2. The number of hydrogen-bond acceptors (Lipinski definition) is 5. The molecule has 0 bridgehead atoms. The van der Waals surface area contributed by atoms with Crippen molar-refractivity contribution in [2.75, 3.05) is 11.4 Å². The number of alkyl halides is 3. The Morgan fingerprint density at radius 2 is 1.89 bits per heavy atom. The Bertz CT molecular complexity index is 1370. The number of carbonyl (C=O) groups is 2. The largest absolute Gasteiger partial charge is 0.408 e. The highest BCUT2D eigenvalue weighted by atomic mass is 19.4. The van der Waals surface area contributed by atoms with Gasteiger partial charge in [0.05, 0.1) is 46.5 Å². The third kappa shape index (κ3) is 5.48. The molecule has 2 amide bonds. The zero-order valence-corrected chi connectivity index (χ0v) is 21.1. The second-order valence-corrected chi connectivity index (χ2v) is 8.61. The van der Waals surface area contributed by atoms with E-state index in [4.69, 9.17) is 11.4 Å². The molecular weight excluding hydrogens is 485 g/mol. The van der Waals surface area contributed by atoms with Crippen LogP contribution < -0.4 is 10.2 Å². The summed E-state index contributed by atoms with van der Waals surface area (Å²) < 4.78 is 39.1. The van der Waals surface area contributed by atoms with Gasteiger partial charge in [-0.05, 0) is 38.5 Å². The van der Waals surface area contributed by atoms with Crippen molar-refractivity contribution < 1.29 is 22.8 Å². The van der Waals surface area contributed by atoms with Crippen LogP contribution in [0, 0.1) is 19.3 Å². The highest BCUT2D eigenvalue weighted by molar-refractivity contribution is 6.12. The lowest BCUT2D eigenvalue weighted by atomic mass is 9.96. The average molecular weight is 513 g/mol. The molecule has 0 atom stereocenters. The van der Waals surface area contributed by atoms with E-state index in [1.807, 2.05) is 13.8 Å². The summed E-state index contributed by atoms with van der Waals surface area (Å²) in [6.07, 6.45) is 6.13. The second kappa shape index (κ2) is 10.4. The van der Waals surface area contributed by atoms with Crippen molar-refractivity contribution >= 4 is 17.5 Å². The van der Waals surface area contributed by atoms with Crippen LogP contribution in [0.3, 0.4) is 0 Å². The van der Waals surface area contributed by atoms with Crippen molar-refractivity contribution in [1.29, 1.82) is 0 Å². The molecule has 1 aliphatic rings. The SMILES string of the molecule is C#CCNC(=O)c1cncc(-c2cc(C)c3c(n2)C(C)(C)N(c2cnn(CC(F)(F)F)c2)C3=O)c1.CC. The van der Waals surface area contributed by atoms with Crippen molar-refractivity contribution in [2.45, 2.75) is 52.9 Å². The fourth-order valence-electron chi connectivity index (χ4n) is 4.12. The first kappa shape index (κ1) is 27.4. The van der Waals surface area contributed by atoms with Gasteiger partial charge < -0.3 is 5.32 Å². The van der Waals surface area contributed by atoms with E-state index in [1.165, 1.54) is 23.5 Å². The molecule has 0 saturated carbocycles. The van der Waals surface area contributed by atoms with Crippen molar-refractivity contribution in [1.82, 2.24) is 25.1 Å². The number of hydrogen-bond donors (Lipinski definition) is 1. The number of halogens is 3. The molecule has 0 fully saturated rings. The standard InChI is InChI=1S/C24H21F3N6O2.C2H6/c1-5-6-29-21(34)16-8-15(9-28-10-16)18-7-14(2)19-20(31-18)23(3,4)33(22(19)35)17-11-30-32(12-17)13-24(25,26)27;1-2/h1,7-12H,6,13H2,2-4H3,(H,29,34);1-2H3. The lowest BCUT2D eigenvalue weighted by Gasteiger charge is -2.30. The van der Waals surface area contributed by atoms with Gasteiger partial charge in [0.15, 0.2) is 0 Å². The van der Waals surface area contributed by atoms with Gasteiger partial charge in [-0.15, -0.1) is 6.42 Å².